The zero-order chi connectivity index (χ0) is 37.5. The number of fused-ring (bicyclic) bond motifs is 1. The second-order valence-corrected chi connectivity index (χ2v) is 14.1. The third kappa shape index (κ3) is 9.16. The monoisotopic (exact) mass is 740 g/mol. The van der Waals surface area contributed by atoms with Crippen LogP contribution in [0.2, 0.25) is 0 Å². The molecule has 0 spiro atoms. The molecular weight excluding hydrogens is 692 g/mol. The molecule has 4 heterocycles. The normalized spacial score (nSPS) is 27.4. The Hall–Kier alpha value is -4.24. The summed E-state index contributed by atoms with van der Waals surface area (Å²) >= 11 is 0. The summed E-state index contributed by atoms with van der Waals surface area (Å²) < 4.78 is 54.0. The Labute approximate surface area is 314 Å². The first-order chi connectivity index (χ1) is 26.3. The van der Waals surface area contributed by atoms with E-state index < -0.39 is 66.2 Å². The lowest BCUT2D eigenvalue weighted by Gasteiger charge is -2.41. The van der Waals surface area contributed by atoms with Gasteiger partial charge in [-0.15, -0.1) is 6.58 Å². The molecule has 12 nitrogen and oxygen atoms in total. The van der Waals surface area contributed by atoms with E-state index in [1.54, 1.807) is 0 Å². The molecule has 3 aliphatic rings. The van der Waals surface area contributed by atoms with Gasteiger partial charge in [0.1, 0.15) is 30.5 Å². The standard InChI is InChI=1S/C42H48N2O10/c1-4-21-43-35(45)20-22-44(41(43)46)40-39-38(53-42(2,3)54-39)34(52-40)28-49-36-23-32(48-25-30-16-10-6-11-17-30)37(50-26-31-18-12-7-13-19-31)33(51-36)27-47-24-29-14-8-5-9-15-29/h4-20,22,32-34,36-40H,1,21,23-28H2,2-3H3/t32?,33?,34-,36?,37?,38-,39-,40-/m1/s1. The highest BCUT2D eigenvalue weighted by atomic mass is 16.8. The van der Waals surface area contributed by atoms with Gasteiger partial charge in [-0.3, -0.25) is 13.9 Å². The summed E-state index contributed by atoms with van der Waals surface area (Å²) in [6.07, 6.45) is -1.49. The molecule has 7 rings (SSSR count). The topological polar surface area (TPSA) is 118 Å². The molecule has 3 aromatic carbocycles. The molecule has 3 saturated heterocycles. The van der Waals surface area contributed by atoms with E-state index in [0.29, 0.717) is 26.2 Å². The summed E-state index contributed by atoms with van der Waals surface area (Å²) in [6, 6.07) is 31.3. The zero-order valence-electron chi connectivity index (χ0n) is 30.6. The van der Waals surface area contributed by atoms with Gasteiger partial charge in [0.2, 0.25) is 0 Å². The molecule has 3 aliphatic heterocycles. The van der Waals surface area contributed by atoms with Crippen LogP contribution >= 0.6 is 0 Å². The molecule has 286 valence electrons. The number of hydrogen-bond donors (Lipinski definition) is 0. The van der Waals surface area contributed by atoms with E-state index in [2.05, 4.69) is 6.58 Å². The molecule has 3 fully saturated rings. The Bertz CT molecular complexity index is 1920. The number of allylic oxidation sites excluding steroid dienone is 1. The van der Waals surface area contributed by atoms with Crippen LogP contribution in [0.25, 0.3) is 0 Å². The van der Waals surface area contributed by atoms with E-state index in [1.807, 2.05) is 105 Å². The molecule has 0 radical (unpaired) electrons. The first-order valence-corrected chi connectivity index (χ1v) is 18.4. The van der Waals surface area contributed by atoms with Gasteiger partial charge in [-0.2, -0.15) is 0 Å². The first-order valence-electron chi connectivity index (χ1n) is 18.4. The second kappa shape index (κ2) is 17.5. The summed E-state index contributed by atoms with van der Waals surface area (Å²) in [5.41, 5.74) is 2.15. The minimum Gasteiger partial charge on any atom is -0.374 e. The van der Waals surface area contributed by atoms with Gasteiger partial charge in [0.05, 0.1) is 39.1 Å². The number of rotatable bonds is 16. The van der Waals surface area contributed by atoms with Crippen molar-refractivity contribution in [2.24, 2.45) is 0 Å². The van der Waals surface area contributed by atoms with Gasteiger partial charge in [0.15, 0.2) is 18.3 Å². The zero-order valence-corrected chi connectivity index (χ0v) is 30.6. The van der Waals surface area contributed by atoms with Crippen molar-refractivity contribution < 1.29 is 37.9 Å². The Morgan fingerprint density at radius 2 is 1.35 bits per heavy atom. The maximum atomic E-state index is 13.4. The lowest BCUT2D eigenvalue weighted by molar-refractivity contribution is -0.286. The van der Waals surface area contributed by atoms with Gasteiger partial charge in [-0.05, 0) is 30.5 Å². The van der Waals surface area contributed by atoms with Crippen molar-refractivity contribution in [2.75, 3.05) is 13.2 Å². The van der Waals surface area contributed by atoms with Gasteiger partial charge < -0.3 is 37.9 Å². The first kappa shape index (κ1) is 38.1. The predicted octanol–water partition coefficient (Wildman–Crippen LogP) is 5.13. The highest BCUT2D eigenvalue weighted by Gasteiger charge is 2.56. The van der Waals surface area contributed by atoms with Gasteiger partial charge in [0, 0.05) is 25.2 Å². The van der Waals surface area contributed by atoms with Crippen LogP contribution in [0.3, 0.4) is 0 Å². The van der Waals surface area contributed by atoms with Crippen molar-refractivity contribution in [3.05, 3.63) is 153 Å². The van der Waals surface area contributed by atoms with E-state index >= 15 is 0 Å². The Morgan fingerprint density at radius 1 is 0.741 bits per heavy atom. The molecule has 0 amide bonds. The van der Waals surface area contributed by atoms with Crippen LogP contribution in [0.1, 0.15) is 43.2 Å². The quantitative estimate of drug-likeness (QED) is 0.143. The lowest BCUT2D eigenvalue weighted by Crippen LogP contribution is -2.53. The van der Waals surface area contributed by atoms with Gasteiger partial charge >= 0.3 is 5.69 Å². The molecule has 8 atom stereocenters. The smallest absolute Gasteiger partial charge is 0.333 e. The molecule has 12 heteroatoms. The predicted molar refractivity (Wildman–Crippen MR) is 198 cm³/mol. The maximum absolute atomic E-state index is 13.4. The Kier molecular flexibility index (Phi) is 12.3. The van der Waals surface area contributed by atoms with Crippen LogP contribution in [0, 0.1) is 0 Å². The molecular formula is C42H48N2O10. The van der Waals surface area contributed by atoms with Crippen molar-refractivity contribution in [2.45, 2.75) is 102 Å². The van der Waals surface area contributed by atoms with Crippen LogP contribution in [0.4, 0.5) is 0 Å². The number of hydrogen-bond acceptors (Lipinski definition) is 10. The van der Waals surface area contributed by atoms with Crippen molar-refractivity contribution in [3.63, 3.8) is 0 Å². The molecule has 0 saturated carbocycles. The Morgan fingerprint density at radius 3 is 2.00 bits per heavy atom. The third-order valence-corrected chi connectivity index (χ3v) is 9.72. The van der Waals surface area contributed by atoms with Crippen LogP contribution in [0.15, 0.2) is 126 Å². The minimum absolute atomic E-state index is 0.0630. The van der Waals surface area contributed by atoms with Crippen LogP contribution < -0.4 is 11.2 Å². The minimum atomic E-state index is -0.934. The molecule has 4 unspecified atom stereocenters. The molecule has 54 heavy (non-hydrogen) atoms. The fourth-order valence-corrected chi connectivity index (χ4v) is 7.16. The van der Waals surface area contributed by atoms with Crippen LogP contribution in [0.5, 0.6) is 0 Å². The SMILES string of the molecule is C=CCn1c(=O)ccn([C@@H]2O[C@H](COC3CC(OCc4ccccc4)C(OCc4ccccc4)C(COCc4ccccc4)O3)[C@H]3OC(C)(C)O[C@H]32)c1=O. The second-order valence-electron chi connectivity index (χ2n) is 14.1. The largest absolute Gasteiger partial charge is 0.374 e. The molecule has 0 N–H and O–H groups in total. The summed E-state index contributed by atoms with van der Waals surface area (Å²) in [5, 5.41) is 0. The van der Waals surface area contributed by atoms with Gasteiger partial charge in [0.25, 0.3) is 5.56 Å². The fourth-order valence-electron chi connectivity index (χ4n) is 7.16. The number of nitrogens with zero attached hydrogens (tertiary/aromatic N) is 2. The summed E-state index contributed by atoms with van der Waals surface area (Å²) in [4.78, 5) is 25.9. The molecule has 1 aromatic heterocycles. The summed E-state index contributed by atoms with van der Waals surface area (Å²) in [6.45, 7) is 8.83. The third-order valence-electron chi connectivity index (χ3n) is 9.72. The Balaban J connectivity index is 1.10. The highest BCUT2D eigenvalue weighted by molar-refractivity contribution is 5.15. The van der Waals surface area contributed by atoms with E-state index in [1.165, 1.54) is 22.9 Å². The average molecular weight is 741 g/mol. The summed E-state index contributed by atoms with van der Waals surface area (Å²) in [5.74, 6) is -0.934. The van der Waals surface area contributed by atoms with Crippen LogP contribution in [-0.2, 0) is 64.3 Å². The van der Waals surface area contributed by atoms with E-state index in [9.17, 15) is 9.59 Å². The van der Waals surface area contributed by atoms with E-state index in [0.717, 1.165) is 21.3 Å². The maximum Gasteiger partial charge on any atom is 0.333 e. The van der Waals surface area contributed by atoms with Crippen LogP contribution in [-0.4, -0.2) is 71.0 Å². The average Bonchev–Trinajstić information content (AvgIpc) is 3.68. The van der Waals surface area contributed by atoms with Crippen molar-refractivity contribution in [1.29, 1.82) is 0 Å². The lowest BCUT2D eigenvalue weighted by atomic mass is 10.0. The van der Waals surface area contributed by atoms with Crippen molar-refractivity contribution >= 4 is 0 Å². The van der Waals surface area contributed by atoms with Crippen molar-refractivity contribution in [3.8, 4) is 0 Å². The van der Waals surface area contributed by atoms with Gasteiger partial charge in [-0.25, -0.2) is 4.79 Å². The van der Waals surface area contributed by atoms with Crippen molar-refractivity contribution in [1.82, 2.24) is 9.13 Å². The molecule has 0 aliphatic carbocycles. The van der Waals surface area contributed by atoms with E-state index in [-0.39, 0.29) is 19.8 Å². The molecule has 0 bridgehead atoms. The van der Waals surface area contributed by atoms with E-state index in [4.69, 9.17) is 37.9 Å². The fraction of sp³-hybridized carbons (Fsp3) is 0.429. The highest BCUT2D eigenvalue weighted by Crippen LogP contribution is 2.43. The molecule has 4 aromatic rings. The number of ether oxygens (including phenoxy) is 8. The number of benzene rings is 3. The van der Waals surface area contributed by atoms with Gasteiger partial charge in [-0.1, -0.05) is 97.1 Å². The number of aromatic nitrogens is 2. The summed E-state index contributed by atoms with van der Waals surface area (Å²) in [7, 11) is 0.